The Hall–Kier alpha value is -2.44. The van der Waals surface area contributed by atoms with Crippen LogP contribution in [-0.2, 0) is 16.1 Å². The van der Waals surface area contributed by atoms with Crippen molar-refractivity contribution in [3.05, 3.63) is 65.5 Å². The van der Waals surface area contributed by atoms with Crippen molar-refractivity contribution >= 4 is 11.6 Å². The molecule has 2 atom stereocenters. The summed E-state index contributed by atoms with van der Waals surface area (Å²) in [6.45, 7) is 2.44. The number of hydrogen-bond acceptors (Lipinski definition) is 4. The fourth-order valence-electron chi connectivity index (χ4n) is 5.92. The number of rotatable bonds is 6. The lowest BCUT2D eigenvalue weighted by atomic mass is 9.58. The molecule has 2 unspecified atom stereocenters. The number of halogens is 1. The summed E-state index contributed by atoms with van der Waals surface area (Å²) < 4.78 is 20.9. The van der Waals surface area contributed by atoms with Crippen molar-refractivity contribution < 1.29 is 19.0 Å². The van der Waals surface area contributed by atoms with E-state index in [1.54, 1.807) is 6.07 Å². The van der Waals surface area contributed by atoms with Gasteiger partial charge in [0.1, 0.15) is 12.0 Å². The molecule has 5 rings (SSSR count). The van der Waals surface area contributed by atoms with Crippen molar-refractivity contribution in [3.8, 4) is 0 Å². The first kappa shape index (κ1) is 22.4. The second-order valence-corrected chi connectivity index (χ2v) is 10.1. The molecule has 2 saturated heterocycles. The van der Waals surface area contributed by atoms with E-state index in [0.717, 1.165) is 49.9 Å². The molecule has 5 nitrogen and oxygen atoms in total. The normalized spacial score (nSPS) is 25.0. The molecule has 1 saturated carbocycles. The Bertz CT molecular complexity index is 967. The number of carbonyl (C=O) groups excluding carboxylic acids is 1. The van der Waals surface area contributed by atoms with Crippen LogP contribution < -0.4 is 10.2 Å². The summed E-state index contributed by atoms with van der Waals surface area (Å²) >= 11 is 0. The third-order valence-electron chi connectivity index (χ3n) is 7.87. The summed E-state index contributed by atoms with van der Waals surface area (Å²) in [6.07, 6.45) is 5.35. The lowest BCUT2D eigenvalue weighted by Gasteiger charge is -2.52. The molecule has 3 fully saturated rings. The Morgan fingerprint density at radius 1 is 1.09 bits per heavy atom. The third kappa shape index (κ3) is 4.78. The summed E-state index contributed by atoms with van der Waals surface area (Å²) in [4.78, 5) is 14.9. The Morgan fingerprint density at radius 2 is 1.85 bits per heavy atom. The number of amides is 1. The zero-order chi connectivity index (χ0) is 22.8. The molecule has 3 aliphatic rings. The minimum atomic E-state index is -0.347. The number of ether oxygens (including phenoxy) is 1. The maximum atomic E-state index is 15.1. The zero-order valence-electron chi connectivity index (χ0n) is 19.0. The summed E-state index contributed by atoms with van der Waals surface area (Å²) in [5.41, 5.74) is 2.79. The molecule has 1 spiro atoms. The van der Waals surface area contributed by atoms with Gasteiger partial charge in [-0.25, -0.2) is 4.39 Å². The smallest absolute Gasteiger partial charge is 0.229 e. The second-order valence-electron chi connectivity index (χ2n) is 10.1. The zero-order valence-corrected chi connectivity index (χ0v) is 19.0. The van der Waals surface area contributed by atoms with Crippen LogP contribution in [0.15, 0.2) is 48.5 Å². The van der Waals surface area contributed by atoms with Gasteiger partial charge in [-0.15, -0.1) is 0 Å². The lowest BCUT2D eigenvalue weighted by molar-refractivity contribution is -0.131. The monoisotopic (exact) mass is 452 g/mol. The Kier molecular flexibility index (Phi) is 6.39. The van der Waals surface area contributed by atoms with E-state index in [0.29, 0.717) is 36.5 Å². The van der Waals surface area contributed by atoms with Crippen LogP contribution in [0.4, 0.5) is 10.1 Å². The van der Waals surface area contributed by atoms with E-state index in [1.807, 2.05) is 42.5 Å². The molecule has 2 N–H and O–H groups in total. The number of anilines is 1. The minimum absolute atomic E-state index is 0.102. The Balaban J connectivity index is 1.16. The maximum absolute atomic E-state index is 15.1. The number of nitrogens with one attached hydrogen (secondary N) is 1. The molecule has 2 aromatic rings. The molecule has 0 aromatic heterocycles. The average molecular weight is 453 g/mol. The highest BCUT2D eigenvalue weighted by Crippen LogP contribution is 2.52. The molecule has 1 aliphatic carbocycles. The number of benzene rings is 2. The Morgan fingerprint density at radius 3 is 2.52 bits per heavy atom. The second kappa shape index (κ2) is 9.43. The standard InChI is InChI=1S/C27H33FN2O3/c28-23-14-21(6-8-24(23)30-12-10-27(11-13-30)15-20(16-27)17-31)22-7-9-25(29-26(22)32)33-18-19-4-2-1-3-5-19/h1-6,8,14,20,22,25,31H,7,9-13,15-18H2,(H,29,32). The van der Waals surface area contributed by atoms with E-state index < -0.39 is 0 Å². The molecule has 1 amide bonds. The SMILES string of the molecule is O=C1NC(OCc2ccccc2)CCC1c1ccc(N2CCC3(CC2)CC(CO)C3)c(F)c1. The highest BCUT2D eigenvalue weighted by molar-refractivity contribution is 5.84. The number of carbonyl (C=O) groups is 1. The highest BCUT2D eigenvalue weighted by Gasteiger charge is 2.45. The first-order valence-electron chi connectivity index (χ1n) is 12.2. The van der Waals surface area contributed by atoms with Gasteiger partial charge in [-0.2, -0.15) is 0 Å². The number of aliphatic hydroxyl groups excluding tert-OH is 1. The maximum Gasteiger partial charge on any atom is 0.229 e. The molecule has 33 heavy (non-hydrogen) atoms. The minimum Gasteiger partial charge on any atom is -0.396 e. The van der Waals surface area contributed by atoms with Crippen LogP contribution in [0.5, 0.6) is 0 Å². The summed E-state index contributed by atoms with van der Waals surface area (Å²) in [5, 5.41) is 12.3. The van der Waals surface area contributed by atoms with E-state index in [9.17, 15) is 9.90 Å². The summed E-state index contributed by atoms with van der Waals surface area (Å²) in [5.74, 6) is -0.243. The number of nitrogens with zero attached hydrogens (tertiary/aromatic N) is 1. The molecule has 2 heterocycles. The van der Waals surface area contributed by atoms with Crippen LogP contribution in [0.1, 0.15) is 55.6 Å². The van der Waals surface area contributed by atoms with Gasteiger partial charge in [-0.3, -0.25) is 4.79 Å². The number of hydrogen-bond donors (Lipinski definition) is 2. The molecule has 2 aliphatic heterocycles. The van der Waals surface area contributed by atoms with E-state index in [2.05, 4.69) is 10.2 Å². The fraction of sp³-hybridized carbons (Fsp3) is 0.519. The van der Waals surface area contributed by atoms with Gasteiger partial charge in [-0.1, -0.05) is 36.4 Å². The predicted molar refractivity (Wildman–Crippen MR) is 125 cm³/mol. The van der Waals surface area contributed by atoms with E-state index >= 15 is 4.39 Å². The van der Waals surface area contributed by atoms with Gasteiger partial charge in [0.15, 0.2) is 0 Å². The average Bonchev–Trinajstić information content (AvgIpc) is 2.82. The van der Waals surface area contributed by atoms with Crippen LogP contribution in [0.25, 0.3) is 0 Å². The predicted octanol–water partition coefficient (Wildman–Crippen LogP) is 4.35. The van der Waals surface area contributed by atoms with Gasteiger partial charge in [0.2, 0.25) is 5.91 Å². The molecule has 2 aromatic carbocycles. The Labute approximate surface area is 194 Å². The molecule has 6 heteroatoms. The molecule has 176 valence electrons. The van der Waals surface area contributed by atoms with Crippen molar-refractivity contribution in [1.29, 1.82) is 0 Å². The van der Waals surface area contributed by atoms with E-state index in [1.165, 1.54) is 0 Å². The van der Waals surface area contributed by atoms with Crippen molar-refractivity contribution in [2.75, 3.05) is 24.6 Å². The topological polar surface area (TPSA) is 61.8 Å². The van der Waals surface area contributed by atoms with Crippen LogP contribution in [0, 0.1) is 17.2 Å². The fourth-order valence-corrected chi connectivity index (χ4v) is 5.92. The van der Waals surface area contributed by atoms with Gasteiger partial charge in [0.25, 0.3) is 0 Å². The van der Waals surface area contributed by atoms with Crippen molar-refractivity contribution in [2.45, 2.75) is 57.3 Å². The highest BCUT2D eigenvalue weighted by atomic mass is 19.1. The van der Waals surface area contributed by atoms with Gasteiger partial charge in [0, 0.05) is 19.7 Å². The summed E-state index contributed by atoms with van der Waals surface area (Å²) in [7, 11) is 0. The van der Waals surface area contributed by atoms with Crippen LogP contribution in [-0.4, -0.2) is 36.9 Å². The largest absolute Gasteiger partial charge is 0.396 e. The van der Waals surface area contributed by atoms with E-state index in [4.69, 9.17) is 4.74 Å². The number of piperidine rings is 2. The van der Waals surface area contributed by atoms with E-state index in [-0.39, 0.29) is 30.5 Å². The summed E-state index contributed by atoms with van der Waals surface area (Å²) in [6, 6.07) is 15.2. The van der Waals surface area contributed by atoms with Crippen molar-refractivity contribution in [3.63, 3.8) is 0 Å². The third-order valence-corrected chi connectivity index (χ3v) is 7.87. The van der Waals surface area contributed by atoms with Crippen LogP contribution in [0.3, 0.4) is 0 Å². The first-order valence-corrected chi connectivity index (χ1v) is 12.2. The molecular formula is C27H33FN2O3. The van der Waals surface area contributed by atoms with Crippen molar-refractivity contribution in [1.82, 2.24) is 5.32 Å². The lowest BCUT2D eigenvalue weighted by Crippen LogP contribution is -2.48. The molecular weight excluding hydrogens is 419 g/mol. The quantitative estimate of drug-likeness (QED) is 0.684. The van der Waals surface area contributed by atoms with Gasteiger partial charge in [-0.05, 0) is 73.1 Å². The molecule has 0 radical (unpaired) electrons. The van der Waals surface area contributed by atoms with Crippen LogP contribution in [0.2, 0.25) is 0 Å². The number of aliphatic hydroxyl groups is 1. The van der Waals surface area contributed by atoms with Gasteiger partial charge < -0.3 is 20.1 Å². The van der Waals surface area contributed by atoms with Gasteiger partial charge >= 0.3 is 0 Å². The van der Waals surface area contributed by atoms with Gasteiger partial charge in [0.05, 0.1) is 18.2 Å². The van der Waals surface area contributed by atoms with Crippen LogP contribution >= 0.6 is 0 Å². The van der Waals surface area contributed by atoms with Crippen molar-refractivity contribution in [2.24, 2.45) is 11.3 Å². The molecule has 0 bridgehead atoms. The first-order chi connectivity index (χ1) is 16.0.